The second-order valence-corrected chi connectivity index (χ2v) is 5.06. The number of methoxy groups -OCH3 is 1. The Labute approximate surface area is 112 Å². The lowest BCUT2D eigenvalue weighted by atomic mass is 9.70. The minimum Gasteiger partial charge on any atom is -0.465 e. The fourth-order valence-electron chi connectivity index (χ4n) is 2.72. The third-order valence-electron chi connectivity index (χ3n) is 3.92. The number of esters is 1. The summed E-state index contributed by atoms with van der Waals surface area (Å²) in [6.07, 6.45) is 4.36. The Balaban J connectivity index is 2.57. The SMILES string of the molecule is COC(=O)c1cc(C2(N=C=O)CCC2)c(C)cc1C. The Bertz CT molecular complexity index is 567. The van der Waals surface area contributed by atoms with E-state index in [1.54, 1.807) is 6.08 Å². The van der Waals surface area contributed by atoms with Crippen LogP contribution in [0, 0.1) is 13.8 Å². The van der Waals surface area contributed by atoms with Crippen LogP contribution in [0.15, 0.2) is 17.1 Å². The van der Waals surface area contributed by atoms with Crippen LogP contribution in [0.25, 0.3) is 0 Å². The van der Waals surface area contributed by atoms with E-state index < -0.39 is 5.54 Å². The Morgan fingerprint density at radius 2 is 2.00 bits per heavy atom. The molecule has 0 N–H and O–H groups in total. The molecule has 0 heterocycles. The molecule has 4 heteroatoms. The first-order chi connectivity index (χ1) is 9.04. The van der Waals surface area contributed by atoms with Crippen LogP contribution in [0.3, 0.4) is 0 Å². The molecular formula is C15H17NO3. The Morgan fingerprint density at radius 1 is 1.32 bits per heavy atom. The standard InChI is InChI=1S/C15H17NO3/c1-10-7-11(2)13(8-12(10)14(18)19-3)15(16-9-17)5-4-6-15/h7-8H,4-6H2,1-3H3. The minimum absolute atomic E-state index is 0.358. The maximum Gasteiger partial charge on any atom is 0.338 e. The Hall–Kier alpha value is -1.93. The van der Waals surface area contributed by atoms with Crippen LogP contribution < -0.4 is 0 Å². The van der Waals surface area contributed by atoms with Crippen molar-refractivity contribution in [3.8, 4) is 0 Å². The van der Waals surface area contributed by atoms with Crippen LogP contribution in [0.1, 0.15) is 46.3 Å². The van der Waals surface area contributed by atoms with Gasteiger partial charge in [0.2, 0.25) is 6.08 Å². The molecule has 4 nitrogen and oxygen atoms in total. The molecule has 1 saturated carbocycles. The number of aryl methyl sites for hydroxylation is 2. The van der Waals surface area contributed by atoms with Gasteiger partial charge in [0.25, 0.3) is 0 Å². The molecule has 100 valence electrons. The minimum atomic E-state index is -0.484. The number of carbonyl (C=O) groups excluding carboxylic acids is 2. The van der Waals surface area contributed by atoms with E-state index in [2.05, 4.69) is 4.99 Å². The van der Waals surface area contributed by atoms with Crippen molar-refractivity contribution < 1.29 is 14.3 Å². The fourth-order valence-corrected chi connectivity index (χ4v) is 2.72. The monoisotopic (exact) mass is 259 g/mol. The summed E-state index contributed by atoms with van der Waals surface area (Å²) in [6.45, 7) is 3.85. The molecule has 2 rings (SSSR count). The van der Waals surface area contributed by atoms with Crippen molar-refractivity contribution in [2.24, 2.45) is 4.99 Å². The smallest absolute Gasteiger partial charge is 0.338 e. The van der Waals surface area contributed by atoms with E-state index in [9.17, 15) is 9.59 Å². The number of nitrogens with zero attached hydrogens (tertiary/aromatic N) is 1. The molecule has 0 aromatic heterocycles. The first-order valence-corrected chi connectivity index (χ1v) is 6.33. The van der Waals surface area contributed by atoms with Gasteiger partial charge in [-0.25, -0.2) is 9.59 Å². The topological polar surface area (TPSA) is 55.7 Å². The second-order valence-electron chi connectivity index (χ2n) is 5.06. The number of isocyanates is 1. The molecule has 0 saturated heterocycles. The van der Waals surface area contributed by atoms with Gasteiger partial charge in [0.05, 0.1) is 18.2 Å². The lowest BCUT2D eigenvalue weighted by Crippen LogP contribution is -2.33. The van der Waals surface area contributed by atoms with Gasteiger partial charge in [-0.05, 0) is 55.9 Å². The van der Waals surface area contributed by atoms with E-state index in [4.69, 9.17) is 4.74 Å². The summed E-state index contributed by atoms with van der Waals surface area (Å²) in [4.78, 5) is 26.4. The molecule has 1 fully saturated rings. The third-order valence-corrected chi connectivity index (χ3v) is 3.92. The molecule has 0 spiro atoms. The van der Waals surface area contributed by atoms with Gasteiger partial charge >= 0.3 is 5.97 Å². The van der Waals surface area contributed by atoms with Gasteiger partial charge in [0.15, 0.2) is 0 Å². The predicted molar refractivity (Wildman–Crippen MR) is 70.9 cm³/mol. The molecular weight excluding hydrogens is 242 g/mol. The number of rotatable bonds is 3. The van der Waals surface area contributed by atoms with E-state index in [1.807, 2.05) is 26.0 Å². The van der Waals surface area contributed by atoms with Crippen LogP contribution >= 0.6 is 0 Å². The highest BCUT2D eigenvalue weighted by molar-refractivity contribution is 5.91. The van der Waals surface area contributed by atoms with Gasteiger partial charge in [-0.15, -0.1) is 0 Å². The quantitative estimate of drug-likeness (QED) is 0.476. The van der Waals surface area contributed by atoms with Crippen LogP contribution in [-0.4, -0.2) is 19.2 Å². The number of hydrogen-bond donors (Lipinski definition) is 0. The summed E-state index contributed by atoms with van der Waals surface area (Å²) < 4.78 is 4.79. The largest absolute Gasteiger partial charge is 0.465 e. The van der Waals surface area contributed by atoms with Crippen molar-refractivity contribution in [1.29, 1.82) is 0 Å². The van der Waals surface area contributed by atoms with Crippen LogP contribution in [-0.2, 0) is 15.1 Å². The highest BCUT2D eigenvalue weighted by atomic mass is 16.5. The maximum atomic E-state index is 11.8. The van der Waals surface area contributed by atoms with Gasteiger partial charge in [-0.1, -0.05) is 6.07 Å². The van der Waals surface area contributed by atoms with Crippen molar-refractivity contribution in [3.05, 3.63) is 34.4 Å². The highest BCUT2D eigenvalue weighted by Crippen LogP contribution is 2.46. The molecule has 0 atom stereocenters. The van der Waals surface area contributed by atoms with E-state index in [1.165, 1.54) is 7.11 Å². The van der Waals surface area contributed by atoms with E-state index >= 15 is 0 Å². The van der Waals surface area contributed by atoms with Crippen molar-refractivity contribution >= 4 is 12.0 Å². The molecule has 1 aromatic rings. The third kappa shape index (κ3) is 2.20. The van der Waals surface area contributed by atoms with Gasteiger partial charge in [0.1, 0.15) is 0 Å². The number of hydrogen-bond acceptors (Lipinski definition) is 4. The molecule has 1 aromatic carbocycles. The molecule has 0 unspecified atom stereocenters. The summed E-state index contributed by atoms with van der Waals surface area (Å²) in [5.74, 6) is -0.358. The Kier molecular flexibility index (Phi) is 3.54. The highest BCUT2D eigenvalue weighted by Gasteiger charge is 2.40. The van der Waals surface area contributed by atoms with Gasteiger partial charge in [0, 0.05) is 0 Å². The predicted octanol–water partition coefficient (Wildman–Crippen LogP) is 2.81. The van der Waals surface area contributed by atoms with E-state index in [-0.39, 0.29) is 5.97 Å². The average molecular weight is 259 g/mol. The summed E-state index contributed by atoms with van der Waals surface area (Å²) >= 11 is 0. The van der Waals surface area contributed by atoms with E-state index in [0.717, 1.165) is 36.0 Å². The molecule has 0 radical (unpaired) electrons. The van der Waals surface area contributed by atoms with Crippen LogP contribution in [0.5, 0.6) is 0 Å². The lowest BCUT2D eigenvalue weighted by Gasteiger charge is -2.38. The summed E-state index contributed by atoms with van der Waals surface area (Å²) in [5.41, 5.74) is 2.91. The number of aliphatic imine (C=N–C) groups is 1. The summed E-state index contributed by atoms with van der Waals surface area (Å²) in [5, 5.41) is 0. The molecule has 19 heavy (non-hydrogen) atoms. The zero-order valence-electron chi connectivity index (χ0n) is 11.4. The molecule has 0 amide bonds. The van der Waals surface area contributed by atoms with Crippen LogP contribution in [0.4, 0.5) is 0 Å². The summed E-state index contributed by atoms with van der Waals surface area (Å²) in [6, 6.07) is 3.76. The van der Waals surface area contributed by atoms with Crippen molar-refractivity contribution in [2.45, 2.75) is 38.6 Å². The molecule has 0 bridgehead atoms. The number of ether oxygens (including phenoxy) is 1. The summed E-state index contributed by atoms with van der Waals surface area (Å²) in [7, 11) is 1.37. The van der Waals surface area contributed by atoms with E-state index in [0.29, 0.717) is 5.56 Å². The first kappa shape index (κ1) is 13.5. The van der Waals surface area contributed by atoms with Gasteiger partial charge < -0.3 is 4.74 Å². The zero-order chi connectivity index (χ0) is 14.0. The average Bonchev–Trinajstić information content (AvgIpc) is 2.34. The van der Waals surface area contributed by atoms with Crippen molar-refractivity contribution in [1.82, 2.24) is 0 Å². The van der Waals surface area contributed by atoms with Gasteiger partial charge in [-0.2, -0.15) is 4.99 Å². The maximum absolute atomic E-state index is 11.8. The number of benzene rings is 1. The first-order valence-electron chi connectivity index (χ1n) is 6.33. The molecule has 0 aliphatic heterocycles. The molecule has 1 aliphatic rings. The van der Waals surface area contributed by atoms with Crippen LogP contribution in [0.2, 0.25) is 0 Å². The lowest BCUT2D eigenvalue weighted by molar-refractivity contribution is 0.0599. The Morgan fingerprint density at radius 3 is 2.47 bits per heavy atom. The zero-order valence-corrected chi connectivity index (χ0v) is 11.4. The van der Waals surface area contributed by atoms with Crippen molar-refractivity contribution in [2.75, 3.05) is 7.11 Å². The fraction of sp³-hybridized carbons (Fsp3) is 0.467. The number of carbonyl (C=O) groups is 1. The van der Waals surface area contributed by atoms with Crippen molar-refractivity contribution in [3.63, 3.8) is 0 Å². The second kappa shape index (κ2) is 4.98. The van der Waals surface area contributed by atoms with Gasteiger partial charge in [-0.3, -0.25) is 0 Å². The normalized spacial score (nSPS) is 16.2. The molecule has 1 aliphatic carbocycles.